The van der Waals surface area contributed by atoms with Crippen molar-refractivity contribution in [1.29, 1.82) is 0 Å². The highest BCUT2D eigenvalue weighted by molar-refractivity contribution is 7.52. The lowest BCUT2D eigenvalue weighted by molar-refractivity contribution is -0.149. The van der Waals surface area contributed by atoms with Crippen LogP contribution >= 0.6 is 7.75 Å². The molecule has 0 fully saturated rings. The van der Waals surface area contributed by atoms with Gasteiger partial charge in [0.15, 0.2) is 0 Å². The molecule has 0 aliphatic carbocycles. The number of rotatable bonds is 9. The summed E-state index contributed by atoms with van der Waals surface area (Å²) in [5.74, 6) is 1.59. The normalized spacial score (nSPS) is 14.3. The third-order valence-corrected chi connectivity index (χ3v) is 6.17. The molecule has 0 heterocycles. The van der Waals surface area contributed by atoms with Crippen LogP contribution in [0, 0.1) is 18.2 Å². The van der Waals surface area contributed by atoms with Gasteiger partial charge in [0.1, 0.15) is 17.6 Å². The van der Waals surface area contributed by atoms with Gasteiger partial charge in [0.2, 0.25) is 0 Å². The lowest BCUT2D eigenvalue weighted by Crippen LogP contribution is -2.36. The summed E-state index contributed by atoms with van der Waals surface area (Å²) in [6, 6.07) is 5.23. The minimum Gasteiger partial charge on any atom is -0.462 e. The molecule has 6 nitrogen and oxygen atoms in total. The predicted octanol–water partition coefficient (Wildman–Crippen LogP) is 5.54. The molecule has 0 bridgehead atoms. The van der Waals surface area contributed by atoms with Crippen molar-refractivity contribution in [3.63, 3.8) is 0 Å². The molecule has 0 spiro atoms. The number of nitrogens with one attached hydrogen (secondary N) is 1. The second-order valence-corrected chi connectivity index (χ2v) is 9.37. The van der Waals surface area contributed by atoms with Crippen LogP contribution in [0.5, 0.6) is 5.75 Å². The van der Waals surface area contributed by atoms with Gasteiger partial charge < -0.3 is 9.26 Å². The van der Waals surface area contributed by atoms with E-state index in [4.69, 9.17) is 20.2 Å². The van der Waals surface area contributed by atoms with E-state index in [1.165, 1.54) is 13.0 Å². The molecular formula is C23H29FNO5P. The third-order valence-electron chi connectivity index (χ3n) is 4.42. The molecule has 168 valence electrons. The van der Waals surface area contributed by atoms with Crippen LogP contribution in [0.15, 0.2) is 24.3 Å². The van der Waals surface area contributed by atoms with E-state index in [0.717, 1.165) is 5.56 Å². The molecule has 2 atom stereocenters. The Kier molecular flexibility index (Phi) is 8.25. The number of benzene rings is 2. The van der Waals surface area contributed by atoms with Crippen LogP contribution < -0.4 is 9.61 Å². The zero-order valence-electron chi connectivity index (χ0n) is 18.7. The standard InChI is InChI=1S/C23H29FNO5P/c1-8-19-21(24)11-10-17-12-18(13-20(14(3)4)22(17)19)30-31(27,28-9-2)25-16(7)23(26)29-15(5)6/h1,10-16H,9H2,2-7H3,(H,25,27)/t16-,31?/m0/s1. The van der Waals surface area contributed by atoms with Gasteiger partial charge in [-0.1, -0.05) is 25.8 Å². The Hall–Kier alpha value is -2.39. The van der Waals surface area contributed by atoms with Crippen LogP contribution in [-0.4, -0.2) is 24.7 Å². The molecule has 0 saturated heterocycles. The van der Waals surface area contributed by atoms with Crippen LogP contribution in [0.25, 0.3) is 10.8 Å². The fourth-order valence-electron chi connectivity index (χ4n) is 3.12. The molecule has 2 aromatic rings. The zero-order chi connectivity index (χ0) is 23.3. The Morgan fingerprint density at radius 2 is 1.90 bits per heavy atom. The first-order valence-corrected chi connectivity index (χ1v) is 11.7. The number of halogens is 1. The second kappa shape index (κ2) is 10.3. The fraction of sp³-hybridized carbons (Fsp3) is 0.435. The molecule has 0 amide bonds. The third kappa shape index (κ3) is 6.07. The second-order valence-electron chi connectivity index (χ2n) is 7.67. The summed E-state index contributed by atoms with van der Waals surface area (Å²) >= 11 is 0. The monoisotopic (exact) mass is 449 g/mol. The van der Waals surface area contributed by atoms with E-state index in [2.05, 4.69) is 11.0 Å². The average Bonchev–Trinajstić information content (AvgIpc) is 2.66. The summed E-state index contributed by atoms with van der Waals surface area (Å²) in [5.41, 5.74) is 0.916. The number of terminal acetylenes is 1. The van der Waals surface area contributed by atoms with Crippen molar-refractivity contribution in [3.05, 3.63) is 41.2 Å². The molecule has 0 aliphatic heterocycles. The highest BCUT2D eigenvalue weighted by Crippen LogP contribution is 2.46. The van der Waals surface area contributed by atoms with Crippen LogP contribution in [0.3, 0.4) is 0 Å². The summed E-state index contributed by atoms with van der Waals surface area (Å²) < 4.78 is 43.8. The molecule has 0 radical (unpaired) electrons. The van der Waals surface area contributed by atoms with Gasteiger partial charge in [-0.05, 0) is 62.8 Å². The molecule has 8 heteroatoms. The molecule has 31 heavy (non-hydrogen) atoms. The number of carbonyl (C=O) groups is 1. The van der Waals surface area contributed by atoms with Crippen molar-refractivity contribution in [2.45, 2.75) is 59.6 Å². The molecule has 2 rings (SSSR count). The van der Waals surface area contributed by atoms with Gasteiger partial charge in [-0.2, -0.15) is 5.09 Å². The van der Waals surface area contributed by atoms with Crippen molar-refractivity contribution in [2.24, 2.45) is 0 Å². The minimum atomic E-state index is -3.92. The lowest BCUT2D eigenvalue weighted by atomic mass is 9.92. The van der Waals surface area contributed by atoms with Crippen LogP contribution in [0.4, 0.5) is 4.39 Å². The van der Waals surface area contributed by atoms with Crippen LogP contribution in [-0.2, 0) is 18.6 Å². The largest absolute Gasteiger partial charge is 0.462 e. The fourth-order valence-corrected chi connectivity index (χ4v) is 4.60. The van der Waals surface area contributed by atoms with Gasteiger partial charge in [0.05, 0.1) is 18.3 Å². The maximum atomic E-state index is 14.3. The number of hydrogen-bond acceptors (Lipinski definition) is 5. The van der Waals surface area contributed by atoms with Gasteiger partial charge in [0, 0.05) is 5.39 Å². The number of fused-ring (bicyclic) bond motifs is 1. The lowest BCUT2D eigenvalue weighted by Gasteiger charge is -2.24. The van der Waals surface area contributed by atoms with Crippen LogP contribution in [0.1, 0.15) is 58.6 Å². The van der Waals surface area contributed by atoms with E-state index in [-0.39, 0.29) is 29.9 Å². The van der Waals surface area contributed by atoms with Crippen molar-refractivity contribution < 1.29 is 27.5 Å². The summed E-state index contributed by atoms with van der Waals surface area (Å²) in [5, 5.41) is 3.87. The molecule has 0 aromatic heterocycles. The number of carbonyl (C=O) groups excluding carboxylic acids is 1. The first-order valence-electron chi connectivity index (χ1n) is 10.2. The zero-order valence-corrected chi connectivity index (χ0v) is 19.6. The summed E-state index contributed by atoms with van der Waals surface area (Å²) in [7, 11) is -3.92. The highest BCUT2D eigenvalue weighted by Gasteiger charge is 2.32. The first kappa shape index (κ1) is 24.9. The maximum Gasteiger partial charge on any atom is 0.459 e. The van der Waals surface area contributed by atoms with E-state index in [1.807, 2.05) is 13.8 Å². The molecule has 0 aliphatic rings. The smallest absolute Gasteiger partial charge is 0.459 e. The Bertz CT molecular complexity index is 1040. The van der Waals surface area contributed by atoms with Crippen molar-refractivity contribution in [1.82, 2.24) is 5.09 Å². The molecule has 0 saturated carbocycles. The van der Waals surface area contributed by atoms with Crippen molar-refractivity contribution >= 4 is 24.5 Å². The molecule has 1 N–H and O–H groups in total. The SMILES string of the molecule is C#Cc1c(F)ccc2cc(OP(=O)(N[C@@H](C)C(=O)OC(C)C)OCC)cc(C(C)C)c12. The average molecular weight is 449 g/mol. The minimum absolute atomic E-state index is 0.0145. The molecular weight excluding hydrogens is 420 g/mol. The van der Waals surface area contributed by atoms with E-state index in [0.29, 0.717) is 10.8 Å². The molecule has 2 aromatic carbocycles. The van der Waals surface area contributed by atoms with Gasteiger partial charge in [-0.15, -0.1) is 6.42 Å². The van der Waals surface area contributed by atoms with Gasteiger partial charge in [0.25, 0.3) is 0 Å². The first-order chi connectivity index (χ1) is 14.5. The number of hydrogen-bond donors (Lipinski definition) is 1. The Morgan fingerprint density at radius 1 is 1.23 bits per heavy atom. The maximum absolute atomic E-state index is 14.3. The summed E-state index contributed by atoms with van der Waals surface area (Å²) in [4.78, 5) is 12.1. The van der Waals surface area contributed by atoms with Crippen molar-refractivity contribution in [2.75, 3.05) is 6.61 Å². The van der Waals surface area contributed by atoms with E-state index >= 15 is 0 Å². The highest BCUT2D eigenvalue weighted by atomic mass is 31.2. The predicted molar refractivity (Wildman–Crippen MR) is 120 cm³/mol. The van der Waals surface area contributed by atoms with E-state index < -0.39 is 25.6 Å². The Labute approximate surface area is 183 Å². The Morgan fingerprint density at radius 3 is 2.45 bits per heavy atom. The van der Waals surface area contributed by atoms with E-state index in [1.54, 1.807) is 39.0 Å². The van der Waals surface area contributed by atoms with Gasteiger partial charge in [-0.25, -0.2) is 8.96 Å². The molecule has 1 unspecified atom stereocenters. The van der Waals surface area contributed by atoms with Crippen LogP contribution in [0.2, 0.25) is 0 Å². The van der Waals surface area contributed by atoms with Gasteiger partial charge >= 0.3 is 13.7 Å². The topological polar surface area (TPSA) is 73.9 Å². The van der Waals surface area contributed by atoms with E-state index in [9.17, 15) is 13.8 Å². The summed E-state index contributed by atoms with van der Waals surface area (Å²) in [6.45, 7) is 10.6. The number of esters is 1. The Balaban J connectivity index is 2.47. The van der Waals surface area contributed by atoms with Crippen molar-refractivity contribution in [3.8, 4) is 18.1 Å². The summed E-state index contributed by atoms with van der Waals surface area (Å²) in [6.07, 6.45) is 5.23. The van der Waals surface area contributed by atoms with Gasteiger partial charge in [-0.3, -0.25) is 9.32 Å². The quantitative estimate of drug-likeness (QED) is 0.308. The number of ether oxygens (including phenoxy) is 1.